The molecule has 2 nitrogen and oxygen atoms in total. The van der Waals surface area contributed by atoms with E-state index in [2.05, 4.69) is 20.8 Å². The summed E-state index contributed by atoms with van der Waals surface area (Å²) in [6.45, 7) is 6.87. The summed E-state index contributed by atoms with van der Waals surface area (Å²) in [6, 6.07) is 0.350. The first kappa shape index (κ1) is 12.4. The minimum absolute atomic E-state index is 0.237. The zero-order valence-corrected chi connectivity index (χ0v) is 11.0. The first-order valence-electron chi connectivity index (χ1n) is 6.97. The van der Waals surface area contributed by atoms with Crippen molar-refractivity contribution in [3.63, 3.8) is 0 Å². The Labute approximate surface area is 99.9 Å². The number of rotatable bonds is 3. The summed E-state index contributed by atoms with van der Waals surface area (Å²) in [5.74, 6) is 0.848. The number of hydrogen-bond donors (Lipinski definition) is 1. The monoisotopic (exact) mass is 225 g/mol. The fourth-order valence-corrected chi connectivity index (χ4v) is 3.28. The molecule has 94 valence electrons. The molecule has 0 heterocycles. The molecule has 5 unspecified atom stereocenters. The molecule has 0 radical (unpaired) electrons. The Balaban J connectivity index is 1.86. The Morgan fingerprint density at radius 3 is 2.62 bits per heavy atom. The van der Waals surface area contributed by atoms with Gasteiger partial charge in [-0.25, -0.2) is 0 Å². The van der Waals surface area contributed by atoms with Crippen LogP contribution < -0.4 is 5.73 Å². The van der Waals surface area contributed by atoms with E-state index in [0.29, 0.717) is 18.2 Å². The Kier molecular flexibility index (Phi) is 3.60. The molecule has 2 N–H and O–H groups in total. The molecule has 2 aliphatic rings. The lowest BCUT2D eigenvalue weighted by Crippen LogP contribution is -2.61. The van der Waals surface area contributed by atoms with Gasteiger partial charge in [-0.3, -0.25) is 0 Å². The molecular formula is C14H27NO. The number of hydrogen-bond acceptors (Lipinski definition) is 2. The molecule has 0 aliphatic heterocycles. The van der Waals surface area contributed by atoms with Crippen LogP contribution in [-0.4, -0.2) is 18.2 Å². The molecule has 2 rings (SSSR count). The highest BCUT2D eigenvalue weighted by Crippen LogP contribution is 2.46. The van der Waals surface area contributed by atoms with E-state index in [0.717, 1.165) is 18.8 Å². The summed E-state index contributed by atoms with van der Waals surface area (Å²) in [5.41, 5.74) is 6.35. The molecule has 0 aromatic rings. The lowest BCUT2D eigenvalue weighted by Gasteiger charge is -2.53. The molecule has 5 atom stereocenters. The van der Waals surface area contributed by atoms with Gasteiger partial charge in [-0.05, 0) is 31.6 Å². The van der Waals surface area contributed by atoms with Gasteiger partial charge in [0.15, 0.2) is 0 Å². The fourth-order valence-electron chi connectivity index (χ4n) is 3.28. The second-order valence-electron chi connectivity index (χ2n) is 6.22. The van der Waals surface area contributed by atoms with Gasteiger partial charge in [0.25, 0.3) is 0 Å². The average molecular weight is 225 g/mol. The van der Waals surface area contributed by atoms with Gasteiger partial charge >= 0.3 is 0 Å². The second kappa shape index (κ2) is 4.66. The van der Waals surface area contributed by atoms with Gasteiger partial charge in [-0.2, -0.15) is 0 Å². The van der Waals surface area contributed by atoms with Crippen molar-refractivity contribution in [2.24, 2.45) is 17.1 Å². The van der Waals surface area contributed by atoms with Crippen molar-refractivity contribution < 1.29 is 4.74 Å². The predicted molar refractivity (Wildman–Crippen MR) is 67.3 cm³/mol. The first-order valence-corrected chi connectivity index (χ1v) is 6.97. The third kappa shape index (κ3) is 2.14. The van der Waals surface area contributed by atoms with Gasteiger partial charge in [-0.15, -0.1) is 0 Å². The zero-order valence-electron chi connectivity index (χ0n) is 11.0. The third-order valence-electron chi connectivity index (χ3n) is 5.06. The van der Waals surface area contributed by atoms with E-state index in [9.17, 15) is 0 Å². The predicted octanol–water partition coefficient (Wildman–Crippen LogP) is 3.10. The molecule has 2 saturated carbocycles. The molecule has 2 aliphatic carbocycles. The van der Waals surface area contributed by atoms with E-state index < -0.39 is 0 Å². The molecular weight excluding hydrogens is 198 g/mol. The van der Waals surface area contributed by atoms with E-state index in [-0.39, 0.29) is 5.41 Å². The van der Waals surface area contributed by atoms with Gasteiger partial charge in [0, 0.05) is 11.5 Å². The van der Waals surface area contributed by atoms with Crippen LogP contribution >= 0.6 is 0 Å². The van der Waals surface area contributed by atoms with Crippen molar-refractivity contribution in [1.82, 2.24) is 0 Å². The molecule has 0 amide bonds. The maximum atomic E-state index is 6.29. The van der Waals surface area contributed by atoms with Crippen molar-refractivity contribution in [1.29, 1.82) is 0 Å². The van der Waals surface area contributed by atoms with Crippen molar-refractivity contribution in [2.45, 2.75) is 77.5 Å². The van der Waals surface area contributed by atoms with Crippen LogP contribution in [0.5, 0.6) is 0 Å². The summed E-state index contributed by atoms with van der Waals surface area (Å²) in [6.07, 6.45) is 8.37. The summed E-state index contributed by atoms with van der Waals surface area (Å²) >= 11 is 0. The fraction of sp³-hybridized carbons (Fsp3) is 1.00. The molecule has 16 heavy (non-hydrogen) atoms. The lowest BCUT2D eigenvalue weighted by molar-refractivity contribution is -0.158. The molecule has 0 aromatic carbocycles. The molecule has 2 fully saturated rings. The summed E-state index contributed by atoms with van der Waals surface area (Å²) in [7, 11) is 0. The summed E-state index contributed by atoms with van der Waals surface area (Å²) < 4.78 is 6.29. The van der Waals surface area contributed by atoms with Gasteiger partial charge in [0.05, 0.1) is 12.2 Å². The van der Waals surface area contributed by atoms with Crippen LogP contribution in [-0.2, 0) is 4.74 Å². The minimum Gasteiger partial charge on any atom is -0.374 e. The Hall–Kier alpha value is -0.0800. The normalized spacial score (nSPS) is 48.8. The Morgan fingerprint density at radius 2 is 2.06 bits per heavy atom. The van der Waals surface area contributed by atoms with Gasteiger partial charge < -0.3 is 10.5 Å². The van der Waals surface area contributed by atoms with Gasteiger partial charge in [0.1, 0.15) is 0 Å². The van der Waals surface area contributed by atoms with Crippen molar-refractivity contribution in [3.05, 3.63) is 0 Å². The third-order valence-corrected chi connectivity index (χ3v) is 5.06. The number of ether oxygens (including phenoxy) is 1. The molecule has 0 aromatic heterocycles. The van der Waals surface area contributed by atoms with Crippen LogP contribution in [0, 0.1) is 11.3 Å². The molecule has 0 bridgehead atoms. The summed E-state index contributed by atoms with van der Waals surface area (Å²) in [4.78, 5) is 0. The average Bonchev–Trinajstić information content (AvgIpc) is 2.27. The highest BCUT2D eigenvalue weighted by molar-refractivity contribution is 5.03. The van der Waals surface area contributed by atoms with E-state index in [1.165, 1.54) is 25.7 Å². The van der Waals surface area contributed by atoms with Crippen LogP contribution in [0.25, 0.3) is 0 Å². The van der Waals surface area contributed by atoms with Crippen LogP contribution in [0.2, 0.25) is 0 Å². The standard InChI is InChI=1S/C14H27NO/c1-4-14(3)12(15)9-13(14)16-11-7-5-6-10(2)8-11/h10-13H,4-9,15H2,1-3H3. The van der Waals surface area contributed by atoms with E-state index in [4.69, 9.17) is 10.5 Å². The SMILES string of the molecule is CCC1(C)C(N)CC1OC1CCCC(C)C1. The van der Waals surface area contributed by atoms with E-state index in [1.807, 2.05) is 0 Å². The highest BCUT2D eigenvalue weighted by atomic mass is 16.5. The van der Waals surface area contributed by atoms with Crippen LogP contribution in [0.15, 0.2) is 0 Å². The van der Waals surface area contributed by atoms with Crippen molar-refractivity contribution in [2.75, 3.05) is 0 Å². The zero-order chi connectivity index (χ0) is 11.8. The Bertz CT molecular complexity index is 243. The number of nitrogens with two attached hydrogens (primary N) is 1. The smallest absolute Gasteiger partial charge is 0.0662 e. The first-order chi connectivity index (χ1) is 7.56. The molecule has 0 spiro atoms. The van der Waals surface area contributed by atoms with E-state index >= 15 is 0 Å². The highest BCUT2D eigenvalue weighted by Gasteiger charge is 2.50. The lowest BCUT2D eigenvalue weighted by atomic mass is 9.62. The van der Waals surface area contributed by atoms with Crippen LogP contribution in [0.1, 0.15) is 59.3 Å². The van der Waals surface area contributed by atoms with Crippen LogP contribution in [0.4, 0.5) is 0 Å². The molecule has 2 heteroatoms. The van der Waals surface area contributed by atoms with E-state index in [1.54, 1.807) is 0 Å². The minimum atomic E-state index is 0.237. The quantitative estimate of drug-likeness (QED) is 0.801. The second-order valence-corrected chi connectivity index (χ2v) is 6.22. The Morgan fingerprint density at radius 1 is 1.31 bits per heavy atom. The summed E-state index contributed by atoms with van der Waals surface area (Å²) in [5, 5.41) is 0. The van der Waals surface area contributed by atoms with Gasteiger partial charge in [-0.1, -0.05) is 33.6 Å². The molecule has 0 saturated heterocycles. The van der Waals surface area contributed by atoms with Crippen molar-refractivity contribution in [3.8, 4) is 0 Å². The van der Waals surface area contributed by atoms with Gasteiger partial charge in [0.2, 0.25) is 0 Å². The topological polar surface area (TPSA) is 35.2 Å². The largest absolute Gasteiger partial charge is 0.374 e. The van der Waals surface area contributed by atoms with Crippen LogP contribution in [0.3, 0.4) is 0 Å². The van der Waals surface area contributed by atoms with Crippen molar-refractivity contribution >= 4 is 0 Å². The maximum Gasteiger partial charge on any atom is 0.0662 e. The maximum absolute atomic E-state index is 6.29.